The number of amides is 1. The highest BCUT2D eigenvalue weighted by Crippen LogP contribution is 2.34. The molecule has 1 aromatic heterocycles. The molecule has 0 saturated carbocycles. The second-order valence-electron chi connectivity index (χ2n) is 6.18. The molecule has 1 aliphatic rings. The molecule has 5 nitrogen and oxygen atoms in total. The number of alkyl halides is 5. The van der Waals surface area contributed by atoms with Gasteiger partial charge in [0.2, 0.25) is 0 Å². The highest BCUT2D eigenvalue weighted by Gasteiger charge is 2.32. The molecule has 3 rings (SSSR count). The molecule has 156 valence electrons. The summed E-state index contributed by atoms with van der Waals surface area (Å²) in [4.78, 5) is 19.6. The van der Waals surface area contributed by atoms with Gasteiger partial charge < -0.3 is 14.5 Å². The molecule has 0 radical (unpaired) electrons. The van der Waals surface area contributed by atoms with Crippen molar-refractivity contribution in [2.75, 3.05) is 31.1 Å². The molecule has 0 atom stereocenters. The Hall–Kier alpha value is -2.62. The van der Waals surface area contributed by atoms with Crippen LogP contribution < -0.4 is 9.64 Å². The Morgan fingerprint density at radius 1 is 1.14 bits per heavy atom. The normalized spacial score (nSPS) is 15.0. The lowest BCUT2D eigenvalue weighted by atomic mass is 10.1. The maximum absolute atomic E-state index is 12.7. The summed E-state index contributed by atoms with van der Waals surface area (Å²) in [6.45, 7) is -2.11. The fourth-order valence-corrected chi connectivity index (χ4v) is 3.24. The zero-order valence-corrected chi connectivity index (χ0v) is 15.6. The average Bonchev–Trinajstić information content (AvgIpc) is 2.67. The first-order chi connectivity index (χ1) is 13.7. The molecular formula is C18H15ClF5N3O2. The number of pyridine rings is 1. The van der Waals surface area contributed by atoms with Gasteiger partial charge in [0, 0.05) is 32.4 Å². The lowest BCUT2D eigenvalue weighted by molar-refractivity contribution is -0.137. The summed E-state index contributed by atoms with van der Waals surface area (Å²) in [6, 6.07) is 6.49. The topological polar surface area (TPSA) is 45.7 Å². The molecule has 0 N–H and O–H groups in total. The van der Waals surface area contributed by atoms with Crippen molar-refractivity contribution in [3.63, 3.8) is 0 Å². The smallest absolute Gasteiger partial charge is 0.417 e. The minimum atomic E-state index is -4.55. The summed E-state index contributed by atoms with van der Waals surface area (Å²) in [5.41, 5.74) is -0.942. The lowest BCUT2D eigenvalue weighted by Gasteiger charge is -2.36. The number of carbonyl (C=O) groups excluding carboxylic acids is 1. The first-order valence-corrected chi connectivity index (χ1v) is 8.85. The van der Waals surface area contributed by atoms with E-state index < -0.39 is 24.3 Å². The molecule has 0 unspecified atom stereocenters. The van der Waals surface area contributed by atoms with Crippen LogP contribution in [0.25, 0.3) is 0 Å². The van der Waals surface area contributed by atoms with Crippen molar-refractivity contribution in [3.05, 3.63) is 52.7 Å². The van der Waals surface area contributed by atoms with E-state index in [4.69, 9.17) is 11.6 Å². The molecule has 1 saturated heterocycles. The molecule has 1 aliphatic heterocycles. The fraction of sp³-hybridized carbons (Fsp3) is 0.333. The highest BCUT2D eigenvalue weighted by atomic mass is 35.5. The number of ether oxygens (including phenoxy) is 1. The zero-order chi connectivity index (χ0) is 21.2. The molecule has 1 fully saturated rings. The van der Waals surface area contributed by atoms with E-state index in [2.05, 4.69) is 9.72 Å². The lowest BCUT2D eigenvalue weighted by Crippen LogP contribution is -2.49. The van der Waals surface area contributed by atoms with Gasteiger partial charge in [-0.3, -0.25) is 4.79 Å². The number of rotatable bonds is 4. The van der Waals surface area contributed by atoms with E-state index in [0.29, 0.717) is 6.20 Å². The Balaban J connectivity index is 1.69. The van der Waals surface area contributed by atoms with Crippen LogP contribution in [0.1, 0.15) is 15.9 Å². The Labute approximate surface area is 167 Å². The Morgan fingerprint density at radius 2 is 1.79 bits per heavy atom. The van der Waals surface area contributed by atoms with Gasteiger partial charge in [-0.25, -0.2) is 4.98 Å². The number of aromatic nitrogens is 1. The van der Waals surface area contributed by atoms with E-state index in [1.807, 2.05) is 0 Å². The summed E-state index contributed by atoms with van der Waals surface area (Å²) >= 11 is 5.96. The number of hydrogen-bond donors (Lipinski definition) is 0. The third-order valence-corrected chi connectivity index (χ3v) is 4.63. The molecule has 11 heteroatoms. The van der Waals surface area contributed by atoms with Gasteiger partial charge in [-0.05, 0) is 18.2 Å². The average molecular weight is 436 g/mol. The van der Waals surface area contributed by atoms with Crippen molar-refractivity contribution in [2.45, 2.75) is 12.8 Å². The van der Waals surface area contributed by atoms with Gasteiger partial charge in [-0.15, -0.1) is 0 Å². The minimum absolute atomic E-state index is 0.00642. The molecule has 1 aromatic carbocycles. The predicted molar refractivity (Wildman–Crippen MR) is 95.4 cm³/mol. The van der Waals surface area contributed by atoms with Gasteiger partial charge in [0.15, 0.2) is 0 Å². The molecule has 0 bridgehead atoms. The van der Waals surface area contributed by atoms with E-state index >= 15 is 0 Å². The molecular weight excluding hydrogens is 421 g/mol. The van der Waals surface area contributed by atoms with Crippen LogP contribution >= 0.6 is 11.6 Å². The van der Waals surface area contributed by atoms with Crippen LogP contribution in [0.15, 0.2) is 36.5 Å². The van der Waals surface area contributed by atoms with Gasteiger partial charge in [0.05, 0.1) is 16.1 Å². The molecule has 2 heterocycles. The molecule has 29 heavy (non-hydrogen) atoms. The van der Waals surface area contributed by atoms with E-state index in [1.54, 1.807) is 4.90 Å². The maximum atomic E-state index is 12.7. The van der Waals surface area contributed by atoms with Crippen molar-refractivity contribution in [1.29, 1.82) is 0 Å². The van der Waals surface area contributed by atoms with E-state index in [-0.39, 0.29) is 48.3 Å². The standard InChI is InChI=1S/C18H15ClF5N3O2/c19-13-9-11(18(22,23)24)10-25-15(13)26-5-7-27(8-6-26)16(28)12-3-1-2-4-14(12)29-17(20)21/h1-4,9-10,17H,5-8H2. The number of benzene rings is 1. The fourth-order valence-electron chi connectivity index (χ4n) is 2.95. The van der Waals surface area contributed by atoms with Gasteiger partial charge >= 0.3 is 12.8 Å². The number of nitrogens with zero attached hydrogens (tertiary/aromatic N) is 3. The summed E-state index contributed by atoms with van der Waals surface area (Å²) in [7, 11) is 0. The van der Waals surface area contributed by atoms with Crippen LogP contribution in [0.2, 0.25) is 5.02 Å². The van der Waals surface area contributed by atoms with E-state index in [0.717, 1.165) is 6.07 Å². The number of para-hydroxylation sites is 1. The van der Waals surface area contributed by atoms with E-state index in [1.165, 1.54) is 29.2 Å². The van der Waals surface area contributed by atoms with Crippen LogP contribution in [0.3, 0.4) is 0 Å². The third-order valence-electron chi connectivity index (χ3n) is 4.35. The van der Waals surface area contributed by atoms with Gasteiger partial charge in [-0.2, -0.15) is 22.0 Å². The van der Waals surface area contributed by atoms with Crippen LogP contribution in [0.5, 0.6) is 5.75 Å². The van der Waals surface area contributed by atoms with Gasteiger partial charge in [-0.1, -0.05) is 23.7 Å². The maximum Gasteiger partial charge on any atom is 0.417 e. The zero-order valence-electron chi connectivity index (χ0n) is 14.8. The number of anilines is 1. The summed E-state index contributed by atoms with van der Waals surface area (Å²) < 4.78 is 67.7. The second-order valence-corrected chi connectivity index (χ2v) is 6.59. The largest absolute Gasteiger partial charge is 0.434 e. The van der Waals surface area contributed by atoms with Gasteiger partial charge in [0.25, 0.3) is 5.91 Å². The molecule has 0 spiro atoms. The Morgan fingerprint density at radius 3 is 2.38 bits per heavy atom. The first-order valence-electron chi connectivity index (χ1n) is 8.47. The Bertz CT molecular complexity index is 886. The van der Waals surface area contributed by atoms with Crippen LogP contribution in [0, 0.1) is 0 Å². The third kappa shape index (κ3) is 4.87. The Kier molecular flexibility index (Phi) is 6.11. The number of piperazine rings is 1. The summed E-state index contributed by atoms with van der Waals surface area (Å²) in [5, 5.41) is -0.143. The van der Waals surface area contributed by atoms with Crippen molar-refractivity contribution in [2.24, 2.45) is 0 Å². The second kappa shape index (κ2) is 8.40. The van der Waals surface area contributed by atoms with Crippen molar-refractivity contribution in [3.8, 4) is 5.75 Å². The minimum Gasteiger partial charge on any atom is -0.434 e. The van der Waals surface area contributed by atoms with Crippen molar-refractivity contribution in [1.82, 2.24) is 9.88 Å². The molecule has 2 aromatic rings. The first kappa shape index (κ1) is 21.1. The van der Waals surface area contributed by atoms with Gasteiger partial charge in [0.1, 0.15) is 11.6 Å². The number of halogens is 6. The molecule has 0 aliphatic carbocycles. The quantitative estimate of drug-likeness (QED) is 0.671. The monoisotopic (exact) mass is 435 g/mol. The highest BCUT2D eigenvalue weighted by molar-refractivity contribution is 6.33. The van der Waals surface area contributed by atoms with Crippen LogP contribution in [-0.2, 0) is 6.18 Å². The van der Waals surface area contributed by atoms with Crippen LogP contribution in [0.4, 0.5) is 27.8 Å². The summed E-state index contributed by atoms with van der Waals surface area (Å²) in [6.07, 6.45) is -3.84. The van der Waals surface area contributed by atoms with Crippen molar-refractivity contribution < 1.29 is 31.5 Å². The number of carbonyl (C=O) groups is 1. The van der Waals surface area contributed by atoms with Crippen molar-refractivity contribution >= 4 is 23.3 Å². The number of hydrogen-bond acceptors (Lipinski definition) is 4. The molecule has 1 amide bonds. The van der Waals surface area contributed by atoms with Crippen LogP contribution in [-0.4, -0.2) is 48.6 Å². The van der Waals surface area contributed by atoms with E-state index in [9.17, 15) is 26.7 Å². The SMILES string of the molecule is O=C(c1ccccc1OC(F)F)N1CCN(c2ncc(C(F)(F)F)cc2Cl)CC1. The predicted octanol–water partition coefficient (Wildman–Crippen LogP) is 4.32. The summed E-state index contributed by atoms with van der Waals surface area (Å²) in [5.74, 6) is -0.511.